The molecule has 4 aliphatic heterocycles. The maximum absolute atomic E-state index is 13.6. The Hall–Kier alpha value is -1.99. The van der Waals surface area contributed by atoms with Crippen LogP contribution in [-0.4, -0.2) is 101 Å². The molecule has 180 valence electrons. The Morgan fingerprint density at radius 3 is 2.61 bits per heavy atom. The van der Waals surface area contributed by atoms with Gasteiger partial charge in [0.25, 0.3) is 5.91 Å². The summed E-state index contributed by atoms with van der Waals surface area (Å²) in [6, 6.07) is 4.58. The minimum atomic E-state index is 0.125. The van der Waals surface area contributed by atoms with E-state index in [9.17, 15) is 9.59 Å². The van der Waals surface area contributed by atoms with Crippen molar-refractivity contribution in [3.63, 3.8) is 0 Å². The molecule has 4 aliphatic rings. The molecular weight excluding hydrogens is 414 g/mol. The van der Waals surface area contributed by atoms with E-state index in [0.717, 1.165) is 45.6 Å². The van der Waals surface area contributed by atoms with Crippen molar-refractivity contribution in [2.24, 2.45) is 11.8 Å². The third kappa shape index (κ3) is 4.80. The van der Waals surface area contributed by atoms with Gasteiger partial charge in [-0.1, -0.05) is 0 Å². The van der Waals surface area contributed by atoms with Crippen molar-refractivity contribution in [1.29, 1.82) is 0 Å². The van der Waals surface area contributed by atoms with E-state index >= 15 is 0 Å². The number of amides is 2. The first-order valence-corrected chi connectivity index (χ1v) is 13.0. The molecule has 0 saturated carbocycles. The number of nitrogens with zero attached hydrogens (tertiary/aromatic N) is 5. The number of piperazine rings is 1. The Labute approximate surface area is 198 Å². The van der Waals surface area contributed by atoms with Gasteiger partial charge in [-0.25, -0.2) is 0 Å². The number of pyridine rings is 1. The number of rotatable bonds is 5. The number of likely N-dealkylation sites (tertiary alicyclic amines) is 1. The molecular formula is C26H39N5O2. The summed E-state index contributed by atoms with van der Waals surface area (Å²) >= 11 is 0. The van der Waals surface area contributed by atoms with Gasteiger partial charge in [-0.15, -0.1) is 0 Å². The maximum Gasteiger partial charge on any atom is 0.255 e. The number of hydrogen-bond acceptors (Lipinski definition) is 5. The quantitative estimate of drug-likeness (QED) is 0.685. The highest BCUT2D eigenvalue weighted by Gasteiger charge is 2.49. The van der Waals surface area contributed by atoms with E-state index in [2.05, 4.69) is 26.7 Å². The molecule has 0 aromatic carbocycles. The molecule has 7 heteroatoms. The van der Waals surface area contributed by atoms with Gasteiger partial charge >= 0.3 is 0 Å². The summed E-state index contributed by atoms with van der Waals surface area (Å²) in [6.07, 6.45) is 10.7. The van der Waals surface area contributed by atoms with Crippen LogP contribution in [0.5, 0.6) is 0 Å². The van der Waals surface area contributed by atoms with Gasteiger partial charge in [-0.05, 0) is 82.6 Å². The Bertz CT molecular complexity index is 823. The standard InChI is InChI=1S/C26H39N5O2/c1-28-14-16-29(17-15-28)24(32)10-2-9-23-22-8-5-13-30-12-4-7-21(25(22)30)19-31(23)26(33)20-6-3-11-27-18-20/h3,6,11,18,21-23,25H,2,4-5,7-10,12-17,19H2,1H3/t21-,22+,23+,25-/m0/s1. The van der Waals surface area contributed by atoms with Crippen LogP contribution in [0.3, 0.4) is 0 Å². The largest absolute Gasteiger partial charge is 0.340 e. The predicted octanol–water partition coefficient (Wildman–Crippen LogP) is 2.34. The highest BCUT2D eigenvalue weighted by molar-refractivity contribution is 5.94. The van der Waals surface area contributed by atoms with Gasteiger partial charge < -0.3 is 14.7 Å². The molecule has 0 N–H and O–H groups in total. The molecule has 4 atom stereocenters. The van der Waals surface area contributed by atoms with Crippen LogP contribution >= 0.6 is 0 Å². The van der Waals surface area contributed by atoms with E-state index in [-0.39, 0.29) is 17.9 Å². The van der Waals surface area contributed by atoms with Crippen LogP contribution in [0, 0.1) is 11.8 Å². The molecule has 5 rings (SSSR count). The van der Waals surface area contributed by atoms with Crippen LogP contribution in [0.25, 0.3) is 0 Å². The zero-order valence-electron chi connectivity index (χ0n) is 20.1. The fraction of sp³-hybridized carbons (Fsp3) is 0.731. The molecule has 0 aliphatic carbocycles. The van der Waals surface area contributed by atoms with E-state index in [4.69, 9.17) is 0 Å². The third-order valence-electron chi connectivity index (χ3n) is 8.59. The van der Waals surface area contributed by atoms with Crippen LogP contribution in [0.2, 0.25) is 0 Å². The van der Waals surface area contributed by atoms with Crippen LogP contribution < -0.4 is 0 Å². The number of likely N-dealkylation sites (N-methyl/N-ethyl adjacent to an activating group) is 1. The van der Waals surface area contributed by atoms with Gasteiger partial charge in [0.2, 0.25) is 5.91 Å². The zero-order chi connectivity index (χ0) is 22.8. The highest BCUT2D eigenvalue weighted by atomic mass is 16.2. The number of aromatic nitrogens is 1. The monoisotopic (exact) mass is 453 g/mol. The molecule has 0 spiro atoms. The smallest absolute Gasteiger partial charge is 0.255 e. The van der Waals surface area contributed by atoms with Gasteiger partial charge in [0.15, 0.2) is 0 Å². The fourth-order valence-corrected chi connectivity index (χ4v) is 6.93. The van der Waals surface area contributed by atoms with Crippen molar-refractivity contribution in [2.45, 2.75) is 57.0 Å². The van der Waals surface area contributed by atoms with Gasteiger partial charge in [0.1, 0.15) is 0 Å². The first-order valence-electron chi connectivity index (χ1n) is 13.0. The summed E-state index contributed by atoms with van der Waals surface area (Å²) in [5, 5.41) is 0. The van der Waals surface area contributed by atoms with Crippen molar-refractivity contribution in [3.05, 3.63) is 30.1 Å². The van der Waals surface area contributed by atoms with Crippen LogP contribution in [-0.2, 0) is 4.79 Å². The molecule has 1 aromatic rings. The van der Waals surface area contributed by atoms with Crippen molar-refractivity contribution >= 4 is 11.8 Å². The lowest BCUT2D eigenvalue weighted by Gasteiger charge is -2.57. The third-order valence-corrected chi connectivity index (χ3v) is 8.59. The van der Waals surface area contributed by atoms with E-state index < -0.39 is 0 Å². The molecule has 5 heterocycles. The van der Waals surface area contributed by atoms with E-state index in [0.29, 0.717) is 29.9 Å². The molecule has 0 bridgehead atoms. The van der Waals surface area contributed by atoms with Crippen LogP contribution in [0.15, 0.2) is 24.5 Å². The second-order valence-electron chi connectivity index (χ2n) is 10.6. The first-order chi connectivity index (χ1) is 16.1. The summed E-state index contributed by atoms with van der Waals surface area (Å²) in [5.74, 6) is 1.51. The Balaban J connectivity index is 1.30. The van der Waals surface area contributed by atoms with E-state index in [1.807, 2.05) is 17.0 Å². The lowest BCUT2D eigenvalue weighted by Crippen LogP contribution is -2.65. The second-order valence-corrected chi connectivity index (χ2v) is 10.6. The van der Waals surface area contributed by atoms with Crippen molar-refractivity contribution in [1.82, 2.24) is 24.6 Å². The summed E-state index contributed by atoms with van der Waals surface area (Å²) in [6.45, 7) is 6.87. The highest BCUT2D eigenvalue weighted by Crippen LogP contribution is 2.43. The number of carbonyl (C=O) groups excluding carboxylic acids is 2. The number of hydrogen-bond donors (Lipinski definition) is 0. The second kappa shape index (κ2) is 10.1. The summed E-state index contributed by atoms with van der Waals surface area (Å²) in [7, 11) is 2.12. The minimum absolute atomic E-state index is 0.125. The molecule has 0 radical (unpaired) electrons. The molecule has 7 nitrogen and oxygen atoms in total. The lowest BCUT2D eigenvalue weighted by molar-refractivity contribution is -0.133. The Kier molecular flexibility index (Phi) is 6.97. The molecule has 4 fully saturated rings. The number of piperidine rings is 3. The van der Waals surface area contributed by atoms with Gasteiger partial charge in [0.05, 0.1) is 5.56 Å². The van der Waals surface area contributed by atoms with Crippen LogP contribution in [0.4, 0.5) is 0 Å². The molecule has 1 aromatic heterocycles. The fourth-order valence-electron chi connectivity index (χ4n) is 6.93. The Morgan fingerprint density at radius 2 is 1.85 bits per heavy atom. The normalized spacial score (nSPS) is 30.7. The molecule has 33 heavy (non-hydrogen) atoms. The van der Waals surface area contributed by atoms with E-state index in [1.54, 1.807) is 12.4 Å². The predicted molar refractivity (Wildman–Crippen MR) is 128 cm³/mol. The summed E-state index contributed by atoms with van der Waals surface area (Å²) < 4.78 is 0. The van der Waals surface area contributed by atoms with Gasteiger partial charge in [0, 0.05) is 63.6 Å². The SMILES string of the molecule is CN1CCN(C(=O)CCC[C@@H]2[C@H]3CCCN4CCC[C@@H](CN2C(=O)c2cccnc2)[C@@H]34)CC1. The zero-order valence-corrected chi connectivity index (χ0v) is 20.1. The number of carbonyl (C=O) groups is 2. The topological polar surface area (TPSA) is 60.0 Å². The van der Waals surface area contributed by atoms with Crippen LogP contribution in [0.1, 0.15) is 55.3 Å². The first kappa shape index (κ1) is 22.8. The Morgan fingerprint density at radius 1 is 1.06 bits per heavy atom. The van der Waals surface area contributed by atoms with E-state index in [1.165, 1.54) is 38.8 Å². The lowest BCUT2D eigenvalue weighted by atomic mass is 9.69. The molecule has 4 saturated heterocycles. The molecule has 0 unspecified atom stereocenters. The molecule has 2 amide bonds. The van der Waals surface area contributed by atoms with Gasteiger partial charge in [-0.2, -0.15) is 0 Å². The maximum atomic E-state index is 13.6. The minimum Gasteiger partial charge on any atom is -0.340 e. The van der Waals surface area contributed by atoms with Gasteiger partial charge in [-0.3, -0.25) is 19.5 Å². The average Bonchev–Trinajstić information content (AvgIpc) is 2.86. The summed E-state index contributed by atoms with van der Waals surface area (Å²) in [5.41, 5.74) is 0.693. The average molecular weight is 454 g/mol. The van der Waals surface area contributed by atoms with Crippen molar-refractivity contribution < 1.29 is 9.59 Å². The van der Waals surface area contributed by atoms with Crippen molar-refractivity contribution in [3.8, 4) is 0 Å². The summed E-state index contributed by atoms with van der Waals surface area (Å²) in [4.78, 5) is 39.9. The van der Waals surface area contributed by atoms with Crippen molar-refractivity contribution in [2.75, 3.05) is 52.9 Å².